The summed E-state index contributed by atoms with van der Waals surface area (Å²) in [4.78, 5) is 22.1. The van der Waals surface area contributed by atoms with Crippen molar-refractivity contribution in [3.63, 3.8) is 0 Å². The summed E-state index contributed by atoms with van der Waals surface area (Å²) in [5.74, 6) is -1.53. The minimum Gasteiger partial charge on any atom is -0.484 e. The number of aliphatic imine (C=N–C) groups is 1. The van der Waals surface area contributed by atoms with Gasteiger partial charge < -0.3 is 4.74 Å². The normalized spacial score (nSPS) is 19.4. The van der Waals surface area contributed by atoms with E-state index in [1.165, 1.54) is 18.2 Å². The number of nitrogens with zero attached hydrogens (tertiary/aromatic N) is 2. The van der Waals surface area contributed by atoms with Crippen LogP contribution in [0.5, 0.6) is 5.75 Å². The standard InChI is InChI=1S/C28H26F2N2O2/c1-17-12-20(10-11-31-17)27-23-15-19(8-9-21(23)16-32-27)26(33)14-18-4-2-5-22(13-18)34-28-24(29)6-3-7-25(28)30/h3,6-12,15,18,22H,2,4-5,13-14,16H2,1H3. The SMILES string of the molecule is Cc1cc(C2=NCc3ccc(C(=O)CC4CCCC(Oc5c(F)cccc5F)C4)cc32)ccn1. The third-order valence-electron chi connectivity index (χ3n) is 6.68. The van der Waals surface area contributed by atoms with Crippen molar-refractivity contribution in [3.8, 4) is 5.75 Å². The second kappa shape index (κ2) is 9.45. The predicted octanol–water partition coefficient (Wildman–Crippen LogP) is 6.23. The number of para-hydroxylation sites is 1. The monoisotopic (exact) mass is 460 g/mol. The molecule has 2 unspecified atom stereocenters. The van der Waals surface area contributed by atoms with E-state index >= 15 is 0 Å². The maximum Gasteiger partial charge on any atom is 0.191 e. The molecule has 0 amide bonds. The van der Waals surface area contributed by atoms with Gasteiger partial charge in [0, 0.05) is 35.0 Å². The molecule has 6 heteroatoms. The zero-order valence-corrected chi connectivity index (χ0v) is 19.1. The van der Waals surface area contributed by atoms with Crippen LogP contribution in [0.1, 0.15) is 64.8 Å². The number of rotatable bonds is 6. The molecular weight excluding hydrogens is 434 g/mol. The lowest BCUT2D eigenvalue weighted by Gasteiger charge is -2.29. The van der Waals surface area contributed by atoms with Gasteiger partial charge in [-0.05, 0) is 74.4 Å². The third-order valence-corrected chi connectivity index (χ3v) is 6.68. The summed E-state index contributed by atoms with van der Waals surface area (Å²) in [6.45, 7) is 2.55. The molecule has 0 bridgehead atoms. The fourth-order valence-corrected chi connectivity index (χ4v) is 4.97. The van der Waals surface area contributed by atoms with Crippen LogP contribution in [0.25, 0.3) is 0 Å². The molecule has 34 heavy (non-hydrogen) atoms. The Morgan fingerprint density at radius 1 is 1.09 bits per heavy atom. The van der Waals surface area contributed by atoms with Gasteiger partial charge in [0.1, 0.15) is 0 Å². The van der Waals surface area contributed by atoms with Crippen molar-refractivity contribution in [2.75, 3.05) is 0 Å². The van der Waals surface area contributed by atoms with Crippen molar-refractivity contribution < 1.29 is 18.3 Å². The molecule has 2 atom stereocenters. The number of halogens is 2. The van der Waals surface area contributed by atoms with Crippen LogP contribution in [0.15, 0.2) is 59.7 Å². The summed E-state index contributed by atoms with van der Waals surface area (Å²) < 4.78 is 33.7. The Bertz CT molecular complexity index is 1250. The van der Waals surface area contributed by atoms with Gasteiger partial charge in [-0.25, -0.2) is 8.78 Å². The minimum atomic E-state index is -0.696. The van der Waals surface area contributed by atoms with Crippen molar-refractivity contribution >= 4 is 11.5 Å². The van der Waals surface area contributed by atoms with Gasteiger partial charge in [-0.15, -0.1) is 0 Å². The first-order valence-electron chi connectivity index (χ1n) is 11.7. The molecule has 1 fully saturated rings. The van der Waals surface area contributed by atoms with Crippen LogP contribution in [0.2, 0.25) is 0 Å². The first-order chi connectivity index (χ1) is 16.5. The fraction of sp³-hybridized carbons (Fsp3) is 0.321. The highest BCUT2D eigenvalue weighted by Crippen LogP contribution is 2.33. The second-order valence-corrected chi connectivity index (χ2v) is 9.17. The topological polar surface area (TPSA) is 51.5 Å². The van der Waals surface area contributed by atoms with E-state index in [4.69, 9.17) is 9.73 Å². The number of ether oxygens (including phenoxy) is 1. The van der Waals surface area contributed by atoms with E-state index in [2.05, 4.69) is 4.98 Å². The number of aromatic nitrogens is 1. The molecule has 3 aromatic rings. The van der Waals surface area contributed by atoms with E-state index < -0.39 is 11.6 Å². The van der Waals surface area contributed by atoms with E-state index in [1.807, 2.05) is 37.3 Å². The Morgan fingerprint density at radius 2 is 1.91 bits per heavy atom. The minimum absolute atomic E-state index is 0.0719. The van der Waals surface area contributed by atoms with Crippen LogP contribution in [-0.2, 0) is 6.54 Å². The summed E-state index contributed by atoms with van der Waals surface area (Å²) in [5.41, 5.74) is 5.60. The number of aryl methyl sites for hydroxylation is 1. The Morgan fingerprint density at radius 3 is 2.71 bits per heavy atom. The van der Waals surface area contributed by atoms with Crippen molar-refractivity contribution in [2.24, 2.45) is 10.9 Å². The van der Waals surface area contributed by atoms with Gasteiger partial charge >= 0.3 is 0 Å². The quantitative estimate of drug-likeness (QED) is 0.410. The molecule has 1 aromatic heterocycles. The molecule has 4 nitrogen and oxygen atoms in total. The zero-order valence-electron chi connectivity index (χ0n) is 19.1. The van der Waals surface area contributed by atoms with Crippen LogP contribution in [-0.4, -0.2) is 22.6 Å². The smallest absolute Gasteiger partial charge is 0.191 e. The molecule has 0 saturated heterocycles. The fourth-order valence-electron chi connectivity index (χ4n) is 4.97. The summed E-state index contributed by atoms with van der Waals surface area (Å²) >= 11 is 0. The highest BCUT2D eigenvalue weighted by Gasteiger charge is 2.28. The van der Waals surface area contributed by atoms with E-state index in [-0.39, 0.29) is 23.6 Å². The average molecular weight is 461 g/mol. The van der Waals surface area contributed by atoms with Crippen molar-refractivity contribution in [3.05, 3.63) is 94.3 Å². The van der Waals surface area contributed by atoms with E-state index in [0.29, 0.717) is 24.9 Å². The Kier molecular flexibility index (Phi) is 6.22. The number of carbonyl (C=O) groups excluding carboxylic acids is 1. The Labute approximate surface area is 197 Å². The molecule has 0 spiro atoms. The molecule has 2 aliphatic rings. The van der Waals surface area contributed by atoms with Crippen molar-refractivity contribution in [1.29, 1.82) is 0 Å². The summed E-state index contributed by atoms with van der Waals surface area (Å²) in [5, 5.41) is 0. The van der Waals surface area contributed by atoms with Crippen LogP contribution >= 0.6 is 0 Å². The van der Waals surface area contributed by atoms with Gasteiger partial charge in [0.15, 0.2) is 23.2 Å². The number of carbonyl (C=O) groups is 1. The maximum atomic E-state index is 14.0. The first-order valence-corrected chi connectivity index (χ1v) is 11.7. The number of benzene rings is 2. The molecule has 2 heterocycles. The Hall–Kier alpha value is -3.41. The molecule has 1 aliphatic heterocycles. The van der Waals surface area contributed by atoms with E-state index in [0.717, 1.165) is 47.4 Å². The number of hydrogen-bond donors (Lipinski definition) is 0. The molecule has 2 aromatic carbocycles. The Balaban J connectivity index is 1.28. The van der Waals surface area contributed by atoms with Gasteiger partial charge in [-0.2, -0.15) is 0 Å². The summed E-state index contributed by atoms with van der Waals surface area (Å²) in [6.07, 6.45) is 4.96. The molecule has 5 rings (SSSR count). The number of pyridine rings is 1. The number of ketones is 1. The summed E-state index contributed by atoms with van der Waals surface area (Å²) in [7, 11) is 0. The molecule has 1 saturated carbocycles. The van der Waals surface area contributed by atoms with Crippen molar-refractivity contribution in [2.45, 2.75) is 51.7 Å². The number of fused-ring (bicyclic) bond motifs is 1. The number of hydrogen-bond acceptors (Lipinski definition) is 4. The lowest BCUT2D eigenvalue weighted by molar-refractivity contribution is 0.0863. The van der Waals surface area contributed by atoms with Gasteiger partial charge in [0.05, 0.1) is 18.4 Å². The highest BCUT2D eigenvalue weighted by atomic mass is 19.1. The molecule has 0 radical (unpaired) electrons. The lowest BCUT2D eigenvalue weighted by Crippen LogP contribution is -2.27. The van der Waals surface area contributed by atoms with Gasteiger partial charge in [0.2, 0.25) is 0 Å². The molecule has 1 aliphatic carbocycles. The van der Waals surface area contributed by atoms with E-state index in [1.54, 1.807) is 6.20 Å². The first kappa shape index (κ1) is 22.4. The highest BCUT2D eigenvalue weighted by molar-refractivity contribution is 6.16. The largest absolute Gasteiger partial charge is 0.484 e. The number of Topliss-reactive ketones (excluding diaryl/α,β-unsaturated/α-hetero) is 1. The maximum absolute atomic E-state index is 14.0. The lowest BCUT2D eigenvalue weighted by atomic mass is 9.82. The molecular formula is C28H26F2N2O2. The van der Waals surface area contributed by atoms with Gasteiger partial charge in [0.25, 0.3) is 0 Å². The second-order valence-electron chi connectivity index (χ2n) is 9.17. The van der Waals surface area contributed by atoms with Crippen LogP contribution in [0.3, 0.4) is 0 Å². The van der Waals surface area contributed by atoms with Crippen molar-refractivity contribution in [1.82, 2.24) is 4.98 Å². The average Bonchev–Trinajstić information content (AvgIpc) is 3.25. The van der Waals surface area contributed by atoms with Crippen LogP contribution in [0, 0.1) is 24.5 Å². The van der Waals surface area contributed by atoms with Crippen LogP contribution < -0.4 is 4.74 Å². The van der Waals surface area contributed by atoms with E-state index in [9.17, 15) is 13.6 Å². The predicted molar refractivity (Wildman–Crippen MR) is 126 cm³/mol. The molecule has 174 valence electrons. The third kappa shape index (κ3) is 4.63. The van der Waals surface area contributed by atoms with Gasteiger partial charge in [-0.1, -0.05) is 18.2 Å². The van der Waals surface area contributed by atoms with Crippen LogP contribution in [0.4, 0.5) is 8.78 Å². The molecule has 0 N–H and O–H groups in total. The summed E-state index contributed by atoms with van der Waals surface area (Å²) in [6, 6.07) is 13.5. The zero-order chi connectivity index (χ0) is 23.7. The van der Waals surface area contributed by atoms with Gasteiger partial charge in [-0.3, -0.25) is 14.8 Å².